The summed E-state index contributed by atoms with van der Waals surface area (Å²) >= 11 is 3.45. The highest BCUT2D eigenvalue weighted by Gasteiger charge is 2.17. The van der Waals surface area contributed by atoms with E-state index in [1.165, 1.54) is 30.4 Å². The van der Waals surface area contributed by atoms with Gasteiger partial charge in [0.2, 0.25) is 5.91 Å². The Balaban J connectivity index is 1.84. The van der Waals surface area contributed by atoms with E-state index in [4.69, 9.17) is 14.2 Å². The van der Waals surface area contributed by atoms with E-state index in [1.807, 2.05) is 24.3 Å². The quantitative estimate of drug-likeness (QED) is 0.206. The van der Waals surface area contributed by atoms with Gasteiger partial charge < -0.3 is 24.8 Å². The minimum absolute atomic E-state index is 0.121. The first kappa shape index (κ1) is 31.1. The van der Waals surface area contributed by atoms with Crippen molar-refractivity contribution >= 4 is 61.7 Å². The number of benzene rings is 2. The van der Waals surface area contributed by atoms with Crippen molar-refractivity contribution in [3.8, 4) is 11.8 Å². The Morgan fingerprint density at radius 2 is 1.80 bits per heavy atom. The molecule has 0 fully saturated rings. The van der Waals surface area contributed by atoms with Gasteiger partial charge in [-0.25, -0.2) is 0 Å². The number of carbonyl (C=O) groups excluding carboxylic acids is 3. The lowest BCUT2D eigenvalue weighted by atomic mass is 10.1. The summed E-state index contributed by atoms with van der Waals surface area (Å²) in [6.45, 7) is 3.65. The molecule has 41 heavy (non-hydrogen) atoms. The van der Waals surface area contributed by atoms with Crippen molar-refractivity contribution in [1.29, 1.82) is 5.26 Å². The van der Waals surface area contributed by atoms with Crippen molar-refractivity contribution in [2.45, 2.75) is 13.8 Å². The van der Waals surface area contributed by atoms with Crippen molar-refractivity contribution < 1.29 is 28.6 Å². The minimum atomic E-state index is -0.492. The van der Waals surface area contributed by atoms with Gasteiger partial charge in [-0.05, 0) is 38.1 Å². The molecule has 0 saturated carbocycles. The normalized spacial score (nSPS) is 10.8. The summed E-state index contributed by atoms with van der Waals surface area (Å²) in [5, 5.41) is 16.4. The molecule has 1 aromatic heterocycles. The molecule has 0 aliphatic carbocycles. The fourth-order valence-electron chi connectivity index (χ4n) is 3.86. The molecule has 0 saturated heterocycles. The largest absolute Gasteiger partial charge is 0.494 e. The number of pyridine rings is 1. The average Bonchev–Trinajstić information content (AvgIpc) is 2.93. The number of hydrogen-bond donors (Lipinski definition) is 2. The van der Waals surface area contributed by atoms with Crippen LogP contribution in [0.2, 0.25) is 0 Å². The van der Waals surface area contributed by atoms with Crippen LogP contribution in [0.15, 0.2) is 59.2 Å². The second-order valence-electron chi connectivity index (χ2n) is 8.53. The SMILES string of the molecule is CCOC(=O)CN(CC=CC(=O)Nc1cc2c(Nc3cccc(Br)c3)c(C#N)cnc2cc1OC)CC(=O)OCC. The van der Waals surface area contributed by atoms with Gasteiger partial charge in [0.05, 0.1) is 55.9 Å². The minimum Gasteiger partial charge on any atom is -0.494 e. The number of esters is 2. The van der Waals surface area contributed by atoms with E-state index in [-0.39, 0.29) is 32.8 Å². The topological polar surface area (TPSA) is 143 Å². The number of anilines is 3. The summed E-state index contributed by atoms with van der Waals surface area (Å²) in [7, 11) is 1.47. The fraction of sp³-hybridized carbons (Fsp3) is 0.276. The van der Waals surface area contributed by atoms with Crippen LogP contribution in [0.25, 0.3) is 10.9 Å². The maximum atomic E-state index is 12.8. The number of methoxy groups -OCH3 is 1. The summed E-state index contributed by atoms with van der Waals surface area (Å²) in [5.41, 5.74) is 2.52. The molecular weight excluding hydrogens is 594 g/mol. The standard InChI is InChI=1S/C29H30BrN5O6/c1-4-40-27(37)17-35(18-28(38)41-5-2)11-7-10-26(36)34-24-13-22-23(14-25(24)39-3)32-16-19(15-31)29(22)33-21-9-6-8-20(30)12-21/h6-10,12-14,16H,4-5,11,17-18H2,1-3H3,(H,32,33)(H,34,36). The Hall–Kier alpha value is -4.47. The highest BCUT2D eigenvalue weighted by atomic mass is 79.9. The summed E-state index contributed by atoms with van der Waals surface area (Å²) in [4.78, 5) is 42.6. The Morgan fingerprint density at radius 1 is 1.10 bits per heavy atom. The van der Waals surface area contributed by atoms with Crippen LogP contribution in [0.3, 0.4) is 0 Å². The summed E-state index contributed by atoms with van der Waals surface area (Å²) in [6, 6.07) is 13.0. The van der Waals surface area contributed by atoms with Crippen molar-refractivity contribution in [2.75, 3.05) is 50.6 Å². The molecule has 214 valence electrons. The van der Waals surface area contributed by atoms with Gasteiger partial charge in [0.15, 0.2) is 0 Å². The fourth-order valence-corrected chi connectivity index (χ4v) is 4.26. The number of nitrogens with zero attached hydrogens (tertiary/aromatic N) is 3. The van der Waals surface area contributed by atoms with E-state index in [0.29, 0.717) is 33.6 Å². The lowest BCUT2D eigenvalue weighted by Crippen LogP contribution is -2.36. The molecule has 0 aliphatic heterocycles. The Kier molecular flexibility index (Phi) is 11.6. The maximum Gasteiger partial charge on any atom is 0.320 e. The number of nitriles is 1. The van der Waals surface area contributed by atoms with Gasteiger partial charge in [-0.2, -0.15) is 5.26 Å². The number of nitrogens with one attached hydrogen (secondary N) is 2. The monoisotopic (exact) mass is 623 g/mol. The third-order valence-electron chi connectivity index (χ3n) is 5.61. The maximum absolute atomic E-state index is 12.8. The van der Waals surface area contributed by atoms with Gasteiger partial charge >= 0.3 is 11.9 Å². The zero-order valence-electron chi connectivity index (χ0n) is 22.9. The van der Waals surface area contributed by atoms with Crippen molar-refractivity contribution in [2.24, 2.45) is 0 Å². The third kappa shape index (κ3) is 9.02. The number of aromatic nitrogens is 1. The molecule has 1 heterocycles. The molecule has 0 bridgehead atoms. The smallest absolute Gasteiger partial charge is 0.320 e. The number of carbonyl (C=O) groups is 3. The van der Waals surface area contributed by atoms with Crippen LogP contribution in [0.5, 0.6) is 5.75 Å². The summed E-state index contributed by atoms with van der Waals surface area (Å²) < 4.78 is 16.3. The van der Waals surface area contributed by atoms with Gasteiger partial charge in [-0.15, -0.1) is 0 Å². The molecule has 1 amide bonds. The Morgan fingerprint density at radius 3 is 2.41 bits per heavy atom. The number of amides is 1. The molecule has 0 aliphatic rings. The van der Waals surface area contributed by atoms with Crippen LogP contribution in [0, 0.1) is 11.3 Å². The molecule has 3 rings (SSSR count). The number of rotatable bonds is 13. The van der Waals surface area contributed by atoms with Crippen LogP contribution in [0.1, 0.15) is 19.4 Å². The van der Waals surface area contributed by atoms with Crippen LogP contribution in [-0.4, -0.2) is 67.7 Å². The first-order chi connectivity index (χ1) is 19.8. The van der Waals surface area contributed by atoms with E-state index in [2.05, 4.69) is 37.6 Å². The highest BCUT2D eigenvalue weighted by molar-refractivity contribution is 9.10. The van der Waals surface area contributed by atoms with E-state index in [0.717, 1.165) is 10.2 Å². The number of fused-ring (bicyclic) bond motifs is 1. The molecule has 3 aromatic rings. The predicted molar refractivity (Wildman–Crippen MR) is 158 cm³/mol. The number of hydrogen-bond acceptors (Lipinski definition) is 10. The zero-order valence-corrected chi connectivity index (χ0v) is 24.5. The van der Waals surface area contributed by atoms with Gasteiger partial charge in [0, 0.05) is 40.4 Å². The molecule has 0 spiro atoms. The van der Waals surface area contributed by atoms with Crippen molar-refractivity contribution in [1.82, 2.24) is 9.88 Å². The summed E-state index contributed by atoms with van der Waals surface area (Å²) in [6.07, 6.45) is 4.29. The Bertz CT molecular complexity index is 1470. The highest BCUT2D eigenvalue weighted by Crippen LogP contribution is 2.36. The number of ether oxygens (including phenoxy) is 3. The molecular formula is C29H30BrN5O6. The molecule has 2 aromatic carbocycles. The lowest BCUT2D eigenvalue weighted by Gasteiger charge is -2.18. The van der Waals surface area contributed by atoms with Crippen LogP contribution >= 0.6 is 15.9 Å². The van der Waals surface area contributed by atoms with E-state index in [9.17, 15) is 19.6 Å². The second kappa shape index (κ2) is 15.4. The third-order valence-corrected chi connectivity index (χ3v) is 6.10. The summed E-state index contributed by atoms with van der Waals surface area (Å²) in [5.74, 6) is -1.08. The van der Waals surface area contributed by atoms with Crippen LogP contribution in [0.4, 0.5) is 17.1 Å². The zero-order chi connectivity index (χ0) is 29.8. The molecule has 0 atom stereocenters. The van der Waals surface area contributed by atoms with Gasteiger partial charge in [-0.1, -0.05) is 28.1 Å². The van der Waals surface area contributed by atoms with Gasteiger partial charge in [0.1, 0.15) is 11.8 Å². The molecule has 0 radical (unpaired) electrons. The van der Waals surface area contributed by atoms with Crippen LogP contribution < -0.4 is 15.4 Å². The van der Waals surface area contributed by atoms with E-state index < -0.39 is 17.8 Å². The van der Waals surface area contributed by atoms with Crippen LogP contribution in [-0.2, 0) is 23.9 Å². The van der Waals surface area contributed by atoms with Crippen molar-refractivity contribution in [3.05, 3.63) is 64.8 Å². The lowest BCUT2D eigenvalue weighted by molar-refractivity contribution is -0.147. The first-order valence-corrected chi connectivity index (χ1v) is 13.5. The van der Waals surface area contributed by atoms with Crippen molar-refractivity contribution in [3.63, 3.8) is 0 Å². The van der Waals surface area contributed by atoms with E-state index >= 15 is 0 Å². The molecule has 11 nitrogen and oxygen atoms in total. The molecule has 2 N–H and O–H groups in total. The average molecular weight is 624 g/mol. The molecule has 0 unspecified atom stereocenters. The first-order valence-electron chi connectivity index (χ1n) is 12.7. The van der Waals surface area contributed by atoms with Gasteiger partial charge in [-0.3, -0.25) is 24.3 Å². The Labute approximate surface area is 246 Å². The van der Waals surface area contributed by atoms with Gasteiger partial charge in [0.25, 0.3) is 0 Å². The molecule has 12 heteroatoms. The number of halogens is 1. The predicted octanol–water partition coefficient (Wildman–Crippen LogP) is 4.54. The second-order valence-corrected chi connectivity index (χ2v) is 9.45. The van der Waals surface area contributed by atoms with E-state index in [1.54, 1.807) is 26.0 Å².